The highest BCUT2D eigenvalue weighted by atomic mass is 79.9. The van der Waals surface area contributed by atoms with Gasteiger partial charge in [0, 0.05) is 6.20 Å². The zero-order valence-corrected chi connectivity index (χ0v) is 17.1. The Hall–Kier alpha value is -2.09. The number of pyridine rings is 1. The van der Waals surface area contributed by atoms with E-state index in [1.54, 1.807) is 11.1 Å². The van der Waals surface area contributed by atoms with Gasteiger partial charge in [-0.05, 0) is 58.7 Å². The van der Waals surface area contributed by atoms with E-state index in [9.17, 15) is 4.79 Å². The lowest BCUT2D eigenvalue weighted by Gasteiger charge is -2.18. The molecule has 26 heavy (non-hydrogen) atoms. The van der Waals surface area contributed by atoms with Crippen molar-refractivity contribution in [2.75, 3.05) is 4.90 Å². The fraction of sp³-hybridized carbons (Fsp3) is 0.105. The number of hydrogen-bond acceptors (Lipinski definition) is 5. The van der Waals surface area contributed by atoms with Crippen LogP contribution in [0, 0.1) is 6.92 Å². The third-order valence-electron chi connectivity index (χ3n) is 3.92. The van der Waals surface area contributed by atoms with E-state index in [1.165, 1.54) is 22.7 Å². The van der Waals surface area contributed by atoms with E-state index in [1.807, 2.05) is 55.5 Å². The molecule has 0 aliphatic carbocycles. The maximum Gasteiger partial charge on any atom is 0.270 e. The third-order valence-corrected chi connectivity index (χ3v) is 6.57. The van der Waals surface area contributed by atoms with Crippen molar-refractivity contribution in [1.82, 2.24) is 9.97 Å². The summed E-state index contributed by atoms with van der Waals surface area (Å²) in [5, 5.41) is 0.689. The second-order valence-electron chi connectivity index (χ2n) is 5.73. The van der Waals surface area contributed by atoms with Crippen molar-refractivity contribution in [3.8, 4) is 0 Å². The summed E-state index contributed by atoms with van der Waals surface area (Å²) in [4.78, 5) is 24.7. The summed E-state index contributed by atoms with van der Waals surface area (Å²) >= 11 is 6.38. The number of para-hydroxylation sites is 1. The van der Waals surface area contributed by atoms with Gasteiger partial charge in [0.15, 0.2) is 5.13 Å². The number of thiazole rings is 1. The SMILES string of the molecule is Cc1cccc2sc(N(Cc3ccccn3)C(=O)c3ccc(Br)s3)nc12. The van der Waals surface area contributed by atoms with Crippen LogP contribution in [0.3, 0.4) is 0 Å². The van der Waals surface area contributed by atoms with Crippen LogP contribution in [0.4, 0.5) is 5.13 Å². The van der Waals surface area contributed by atoms with Crippen molar-refractivity contribution >= 4 is 59.9 Å². The zero-order chi connectivity index (χ0) is 18.1. The van der Waals surface area contributed by atoms with Crippen molar-refractivity contribution in [3.63, 3.8) is 0 Å². The van der Waals surface area contributed by atoms with Gasteiger partial charge in [-0.25, -0.2) is 4.98 Å². The molecule has 3 heterocycles. The van der Waals surface area contributed by atoms with Crippen LogP contribution in [0.5, 0.6) is 0 Å². The van der Waals surface area contributed by atoms with Crippen LogP contribution in [-0.2, 0) is 6.54 Å². The molecule has 0 spiro atoms. The van der Waals surface area contributed by atoms with Gasteiger partial charge in [0.2, 0.25) is 0 Å². The summed E-state index contributed by atoms with van der Waals surface area (Å²) in [7, 11) is 0. The fourth-order valence-electron chi connectivity index (χ4n) is 2.63. The van der Waals surface area contributed by atoms with Gasteiger partial charge in [-0.15, -0.1) is 11.3 Å². The van der Waals surface area contributed by atoms with Crippen molar-refractivity contribution in [2.24, 2.45) is 0 Å². The van der Waals surface area contributed by atoms with Gasteiger partial charge in [0.1, 0.15) is 0 Å². The molecule has 0 aliphatic rings. The monoisotopic (exact) mass is 443 g/mol. The summed E-state index contributed by atoms with van der Waals surface area (Å²) in [6.07, 6.45) is 1.74. The highest BCUT2D eigenvalue weighted by molar-refractivity contribution is 9.11. The van der Waals surface area contributed by atoms with Gasteiger partial charge < -0.3 is 0 Å². The van der Waals surface area contributed by atoms with Crippen molar-refractivity contribution < 1.29 is 4.79 Å². The lowest BCUT2D eigenvalue weighted by molar-refractivity contribution is 0.0988. The topological polar surface area (TPSA) is 46.1 Å². The number of anilines is 1. The predicted octanol–water partition coefficient (Wildman–Crippen LogP) is 5.67. The Morgan fingerprint density at radius 2 is 2.00 bits per heavy atom. The first-order chi connectivity index (χ1) is 12.6. The Balaban J connectivity index is 1.78. The molecule has 0 fully saturated rings. The van der Waals surface area contributed by atoms with E-state index in [2.05, 4.69) is 20.9 Å². The molecule has 4 nitrogen and oxygen atoms in total. The number of halogens is 1. The first kappa shape index (κ1) is 17.3. The van der Waals surface area contributed by atoms with Gasteiger partial charge in [0.25, 0.3) is 5.91 Å². The minimum atomic E-state index is -0.0666. The van der Waals surface area contributed by atoms with E-state index in [0.29, 0.717) is 16.6 Å². The smallest absolute Gasteiger partial charge is 0.270 e. The second-order valence-corrected chi connectivity index (χ2v) is 9.21. The maximum absolute atomic E-state index is 13.2. The van der Waals surface area contributed by atoms with E-state index < -0.39 is 0 Å². The molecule has 0 radical (unpaired) electrons. The van der Waals surface area contributed by atoms with Crippen LogP contribution in [-0.4, -0.2) is 15.9 Å². The number of carbonyl (C=O) groups is 1. The van der Waals surface area contributed by atoms with E-state index >= 15 is 0 Å². The van der Waals surface area contributed by atoms with Crippen molar-refractivity contribution in [2.45, 2.75) is 13.5 Å². The average Bonchev–Trinajstić information content (AvgIpc) is 3.27. The molecule has 4 aromatic rings. The van der Waals surface area contributed by atoms with E-state index in [0.717, 1.165) is 25.3 Å². The molecule has 0 bridgehead atoms. The normalized spacial score (nSPS) is 11.0. The van der Waals surface area contributed by atoms with Crippen LogP contribution in [0.1, 0.15) is 20.9 Å². The number of rotatable bonds is 4. The lowest BCUT2D eigenvalue weighted by atomic mass is 10.2. The third kappa shape index (κ3) is 3.42. The molecule has 0 N–H and O–H groups in total. The molecule has 0 saturated heterocycles. The van der Waals surface area contributed by atoms with Gasteiger partial charge >= 0.3 is 0 Å². The van der Waals surface area contributed by atoms with Crippen molar-refractivity contribution in [3.05, 3.63) is 74.6 Å². The number of thiophene rings is 1. The largest absolute Gasteiger partial charge is 0.277 e. The first-order valence-corrected chi connectivity index (χ1v) is 10.4. The molecule has 0 aliphatic heterocycles. The first-order valence-electron chi connectivity index (χ1n) is 7.95. The molecule has 7 heteroatoms. The number of aryl methyl sites for hydroxylation is 1. The quantitative estimate of drug-likeness (QED) is 0.408. The number of amides is 1. The average molecular weight is 444 g/mol. The molecule has 0 unspecified atom stereocenters. The summed E-state index contributed by atoms with van der Waals surface area (Å²) in [5.41, 5.74) is 2.88. The minimum absolute atomic E-state index is 0.0666. The van der Waals surface area contributed by atoms with Crippen molar-refractivity contribution in [1.29, 1.82) is 0 Å². The number of carbonyl (C=O) groups excluding carboxylic acids is 1. The Bertz CT molecular complexity index is 1070. The molecule has 1 amide bonds. The van der Waals surface area contributed by atoms with Crippen LogP contribution >= 0.6 is 38.6 Å². The number of nitrogens with zero attached hydrogens (tertiary/aromatic N) is 3. The lowest BCUT2D eigenvalue weighted by Crippen LogP contribution is -2.30. The highest BCUT2D eigenvalue weighted by Crippen LogP contribution is 2.33. The molecule has 0 atom stereocenters. The van der Waals surface area contributed by atoms with Crippen LogP contribution < -0.4 is 4.90 Å². The molecule has 0 saturated carbocycles. The number of fused-ring (bicyclic) bond motifs is 1. The molecule has 1 aromatic carbocycles. The second kappa shape index (κ2) is 7.26. The number of hydrogen-bond donors (Lipinski definition) is 0. The number of aromatic nitrogens is 2. The zero-order valence-electron chi connectivity index (χ0n) is 13.8. The molecule has 130 valence electrons. The summed E-state index contributed by atoms with van der Waals surface area (Å²) in [6, 6.07) is 15.5. The molecular weight excluding hydrogens is 430 g/mol. The van der Waals surface area contributed by atoms with Gasteiger partial charge in [-0.1, -0.05) is 29.5 Å². The maximum atomic E-state index is 13.2. The summed E-state index contributed by atoms with van der Waals surface area (Å²) in [5.74, 6) is -0.0666. The Morgan fingerprint density at radius 3 is 2.69 bits per heavy atom. The van der Waals surface area contributed by atoms with Gasteiger partial charge in [0.05, 0.1) is 31.1 Å². The minimum Gasteiger partial charge on any atom is -0.277 e. The summed E-state index contributed by atoms with van der Waals surface area (Å²) in [6.45, 7) is 2.42. The molecule has 3 aromatic heterocycles. The van der Waals surface area contributed by atoms with Gasteiger partial charge in [-0.2, -0.15) is 0 Å². The van der Waals surface area contributed by atoms with Crippen LogP contribution in [0.2, 0.25) is 0 Å². The van der Waals surface area contributed by atoms with Crippen LogP contribution in [0.15, 0.2) is 58.5 Å². The Kier molecular flexibility index (Phi) is 4.84. The van der Waals surface area contributed by atoms with Gasteiger partial charge in [-0.3, -0.25) is 14.7 Å². The molecular formula is C19H14BrN3OS2. The highest BCUT2D eigenvalue weighted by Gasteiger charge is 2.23. The van der Waals surface area contributed by atoms with E-state index in [4.69, 9.17) is 4.98 Å². The van der Waals surface area contributed by atoms with E-state index in [-0.39, 0.29) is 5.91 Å². The standard InChI is InChI=1S/C19H14BrN3OS2/c1-12-5-4-7-14-17(12)22-19(26-14)23(11-13-6-2-3-10-21-13)18(24)15-8-9-16(20)25-15/h2-10H,11H2,1H3. The predicted molar refractivity (Wildman–Crippen MR) is 111 cm³/mol. The number of benzene rings is 1. The Labute approximate surface area is 167 Å². The fourth-order valence-corrected chi connectivity index (χ4v) is 5.01. The Morgan fingerprint density at radius 1 is 1.12 bits per heavy atom. The van der Waals surface area contributed by atoms with Crippen LogP contribution in [0.25, 0.3) is 10.2 Å². The molecule has 4 rings (SSSR count). The summed E-state index contributed by atoms with van der Waals surface area (Å²) < 4.78 is 2.00.